The highest BCUT2D eigenvalue weighted by Gasteiger charge is 2.33. The van der Waals surface area contributed by atoms with Gasteiger partial charge in [0.2, 0.25) is 5.28 Å². The second-order valence-corrected chi connectivity index (χ2v) is 5.24. The molecule has 20 heavy (non-hydrogen) atoms. The summed E-state index contributed by atoms with van der Waals surface area (Å²) in [6.07, 6.45) is -1.41. The molecule has 1 aliphatic carbocycles. The van der Waals surface area contributed by atoms with Crippen LogP contribution in [0.3, 0.4) is 0 Å². The molecule has 0 spiro atoms. The molecule has 0 bridgehead atoms. The van der Waals surface area contributed by atoms with E-state index in [0.29, 0.717) is 6.54 Å². The Morgan fingerprint density at radius 2 is 2.00 bits per heavy atom. The van der Waals surface area contributed by atoms with Crippen LogP contribution in [0.15, 0.2) is 6.07 Å². The summed E-state index contributed by atoms with van der Waals surface area (Å²) in [5, 5.41) is 12.2. The fourth-order valence-corrected chi connectivity index (χ4v) is 2.50. The molecule has 1 aromatic heterocycles. The van der Waals surface area contributed by atoms with Gasteiger partial charge in [0.25, 0.3) is 0 Å². The van der Waals surface area contributed by atoms with Crippen LogP contribution < -0.4 is 5.32 Å². The van der Waals surface area contributed by atoms with Gasteiger partial charge in [-0.25, -0.2) is 9.97 Å². The second-order valence-electron chi connectivity index (χ2n) is 4.90. The zero-order chi connectivity index (χ0) is 14.8. The van der Waals surface area contributed by atoms with Gasteiger partial charge in [0, 0.05) is 18.5 Å². The quantitative estimate of drug-likeness (QED) is 0.842. The maximum atomic E-state index is 12.6. The van der Waals surface area contributed by atoms with Gasteiger partial charge in [-0.3, -0.25) is 0 Å². The van der Waals surface area contributed by atoms with E-state index in [-0.39, 0.29) is 11.7 Å². The first-order valence-electron chi connectivity index (χ1n) is 6.40. The van der Waals surface area contributed by atoms with E-state index in [4.69, 9.17) is 11.6 Å². The van der Waals surface area contributed by atoms with Crippen LogP contribution in [0.5, 0.6) is 0 Å². The lowest BCUT2D eigenvalue weighted by Crippen LogP contribution is -2.30. The van der Waals surface area contributed by atoms with E-state index < -0.39 is 23.3 Å². The van der Waals surface area contributed by atoms with Crippen molar-refractivity contribution in [3.8, 4) is 0 Å². The second kappa shape index (κ2) is 6.13. The Hall–Kier alpha value is -1.08. The zero-order valence-electron chi connectivity index (χ0n) is 10.6. The number of aromatic nitrogens is 2. The third kappa shape index (κ3) is 3.96. The van der Waals surface area contributed by atoms with Crippen LogP contribution in [0.25, 0.3) is 0 Å². The minimum absolute atomic E-state index is 0.0202. The predicted molar refractivity (Wildman–Crippen MR) is 68.5 cm³/mol. The average Bonchev–Trinajstić information content (AvgIpc) is 2.36. The number of anilines is 1. The number of hydrogen-bond acceptors (Lipinski definition) is 4. The van der Waals surface area contributed by atoms with Crippen LogP contribution in [0.4, 0.5) is 19.0 Å². The summed E-state index contributed by atoms with van der Waals surface area (Å²) in [4.78, 5) is 6.87. The molecule has 0 radical (unpaired) electrons. The molecule has 2 rings (SSSR count). The van der Waals surface area contributed by atoms with Gasteiger partial charge in [-0.15, -0.1) is 0 Å². The van der Waals surface area contributed by atoms with E-state index in [9.17, 15) is 18.3 Å². The van der Waals surface area contributed by atoms with Crippen molar-refractivity contribution in [3.63, 3.8) is 0 Å². The summed E-state index contributed by atoms with van der Waals surface area (Å²) in [6.45, 7) is 0.367. The Morgan fingerprint density at radius 3 is 2.65 bits per heavy atom. The molecule has 0 aromatic carbocycles. The standard InChI is InChI=1S/C12H15ClF3N3O/c13-11-18-9(12(14,15)16)5-10(19-11)17-6-7-3-1-2-4-8(7)20/h5,7-8,20H,1-4,6H2,(H,17,18,19). The van der Waals surface area contributed by atoms with Crippen molar-refractivity contribution in [2.75, 3.05) is 11.9 Å². The highest BCUT2D eigenvalue weighted by Crippen LogP contribution is 2.30. The molecule has 2 unspecified atom stereocenters. The van der Waals surface area contributed by atoms with Gasteiger partial charge in [-0.1, -0.05) is 12.8 Å². The van der Waals surface area contributed by atoms with Crippen LogP contribution in [0.1, 0.15) is 31.4 Å². The number of hydrogen-bond donors (Lipinski definition) is 2. The SMILES string of the molecule is OC1CCCCC1CNc1cc(C(F)(F)F)nc(Cl)n1. The van der Waals surface area contributed by atoms with Gasteiger partial charge in [0.15, 0.2) is 5.69 Å². The van der Waals surface area contributed by atoms with Crippen molar-refractivity contribution in [2.24, 2.45) is 5.92 Å². The minimum atomic E-state index is -4.56. The molecular formula is C12H15ClF3N3O. The smallest absolute Gasteiger partial charge is 0.393 e. The van der Waals surface area contributed by atoms with Gasteiger partial charge in [0.05, 0.1) is 6.10 Å². The first-order valence-corrected chi connectivity index (χ1v) is 6.78. The van der Waals surface area contributed by atoms with Gasteiger partial charge in [-0.2, -0.15) is 13.2 Å². The highest BCUT2D eigenvalue weighted by molar-refractivity contribution is 6.28. The van der Waals surface area contributed by atoms with E-state index in [2.05, 4.69) is 15.3 Å². The predicted octanol–water partition coefficient (Wildman–Crippen LogP) is 3.11. The van der Waals surface area contributed by atoms with Crippen LogP contribution in [0.2, 0.25) is 5.28 Å². The summed E-state index contributed by atoms with van der Waals surface area (Å²) in [7, 11) is 0. The van der Waals surface area contributed by atoms with E-state index in [1.807, 2.05) is 0 Å². The van der Waals surface area contributed by atoms with Crippen molar-refractivity contribution in [1.29, 1.82) is 0 Å². The largest absolute Gasteiger partial charge is 0.433 e. The first-order chi connectivity index (χ1) is 9.36. The van der Waals surface area contributed by atoms with Gasteiger partial charge >= 0.3 is 6.18 Å². The molecule has 0 aliphatic heterocycles. The van der Waals surface area contributed by atoms with E-state index in [0.717, 1.165) is 31.7 Å². The zero-order valence-corrected chi connectivity index (χ0v) is 11.4. The molecule has 8 heteroatoms. The van der Waals surface area contributed by atoms with E-state index >= 15 is 0 Å². The number of halogens is 4. The molecule has 1 heterocycles. The molecule has 2 atom stereocenters. The summed E-state index contributed by atoms with van der Waals surface area (Å²) in [6, 6.07) is 0.821. The Balaban J connectivity index is 2.04. The normalized spacial score (nSPS) is 23.6. The lowest BCUT2D eigenvalue weighted by Gasteiger charge is -2.27. The lowest BCUT2D eigenvalue weighted by molar-refractivity contribution is -0.141. The Bertz CT molecular complexity index is 470. The third-order valence-corrected chi connectivity index (χ3v) is 3.57. The lowest BCUT2D eigenvalue weighted by atomic mass is 9.86. The third-order valence-electron chi connectivity index (χ3n) is 3.40. The molecule has 4 nitrogen and oxygen atoms in total. The topological polar surface area (TPSA) is 58.0 Å². The van der Waals surface area contributed by atoms with E-state index in [1.165, 1.54) is 0 Å². The monoisotopic (exact) mass is 309 g/mol. The fourth-order valence-electron chi connectivity index (χ4n) is 2.32. The van der Waals surface area contributed by atoms with Gasteiger partial charge in [-0.05, 0) is 24.4 Å². The summed E-state index contributed by atoms with van der Waals surface area (Å²) >= 11 is 5.49. The number of aliphatic hydroxyl groups is 1. The van der Waals surface area contributed by atoms with Crippen molar-refractivity contribution in [1.82, 2.24) is 9.97 Å². The molecule has 1 aliphatic rings. The number of rotatable bonds is 3. The summed E-state index contributed by atoms with van der Waals surface area (Å²) in [5.41, 5.74) is -1.08. The average molecular weight is 310 g/mol. The molecule has 2 N–H and O–H groups in total. The van der Waals surface area contributed by atoms with Crippen LogP contribution >= 0.6 is 11.6 Å². The number of aliphatic hydroxyl groups excluding tert-OH is 1. The Labute approximate surface area is 119 Å². The molecule has 1 aromatic rings. The maximum Gasteiger partial charge on any atom is 0.433 e. The number of nitrogens with one attached hydrogen (secondary N) is 1. The molecule has 112 valence electrons. The van der Waals surface area contributed by atoms with Gasteiger partial charge < -0.3 is 10.4 Å². The first kappa shape index (κ1) is 15.3. The number of nitrogens with zero attached hydrogens (tertiary/aromatic N) is 2. The fraction of sp³-hybridized carbons (Fsp3) is 0.667. The molecule has 1 fully saturated rings. The Kier molecular flexibility index (Phi) is 4.70. The summed E-state index contributed by atoms with van der Waals surface area (Å²) in [5.74, 6) is 0.0435. The Morgan fingerprint density at radius 1 is 1.30 bits per heavy atom. The molecular weight excluding hydrogens is 295 g/mol. The van der Waals surface area contributed by atoms with Crippen molar-refractivity contribution in [2.45, 2.75) is 38.0 Å². The van der Waals surface area contributed by atoms with Crippen molar-refractivity contribution >= 4 is 17.4 Å². The highest BCUT2D eigenvalue weighted by atomic mass is 35.5. The summed E-state index contributed by atoms with van der Waals surface area (Å²) < 4.78 is 37.8. The molecule has 0 saturated heterocycles. The van der Waals surface area contributed by atoms with Crippen LogP contribution in [-0.4, -0.2) is 27.7 Å². The van der Waals surface area contributed by atoms with Crippen molar-refractivity contribution < 1.29 is 18.3 Å². The minimum Gasteiger partial charge on any atom is -0.393 e. The molecule has 0 amide bonds. The number of alkyl halides is 3. The van der Waals surface area contributed by atoms with E-state index in [1.54, 1.807) is 0 Å². The molecule has 1 saturated carbocycles. The maximum absolute atomic E-state index is 12.6. The van der Waals surface area contributed by atoms with Crippen molar-refractivity contribution in [3.05, 3.63) is 17.0 Å². The van der Waals surface area contributed by atoms with Crippen LogP contribution in [-0.2, 0) is 6.18 Å². The van der Waals surface area contributed by atoms with Gasteiger partial charge in [0.1, 0.15) is 5.82 Å². The van der Waals surface area contributed by atoms with Crippen LogP contribution in [0, 0.1) is 5.92 Å².